The topological polar surface area (TPSA) is 78.7 Å². The summed E-state index contributed by atoms with van der Waals surface area (Å²) in [5.41, 5.74) is 1.90. The number of nitrogens with zero attached hydrogens (tertiary/aromatic N) is 4. The minimum Gasteiger partial charge on any atom is -0.497 e. The van der Waals surface area contributed by atoms with Crippen molar-refractivity contribution >= 4 is 11.7 Å². The molecule has 30 heavy (non-hydrogen) atoms. The van der Waals surface area contributed by atoms with Crippen molar-refractivity contribution in [3.05, 3.63) is 53.2 Å². The lowest BCUT2D eigenvalue weighted by atomic mass is 9.73. The summed E-state index contributed by atoms with van der Waals surface area (Å²) in [6, 6.07) is 13.7. The molecule has 0 saturated carbocycles. The predicted molar refractivity (Wildman–Crippen MR) is 112 cm³/mol. The lowest BCUT2D eigenvalue weighted by Gasteiger charge is -2.51. The van der Waals surface area contributed by atoms with Crippen LogP contribution in [-0.2, 0) is 16.0 Å². The Morgan fingerprint density at radius 1 is 1.27 bits per heavy atom. The van der Waals surface area contributed by atoms with Crippen molar-refractivity contribution in [3.63, 3.8) is 0 Å². The third-order valence-electron chi connectivity index (χ3n) is 5.85. The third kappa shape index (κ3) is 3.83. The molecule has 0 spiro atoms. The Kier molecular flexibility index (Phi) is 5.60. The van der Waals surface area contributed by atoms with Gasteiger partial charge in [-0.25, -0.2) is 4.98 Å². The van der Waals surface area contributed by atoms with E-state index in [2.05, 4.69) is 11.1 Å². The van der Waals surface area contributed by atoms with E-state index in [-0.39, 0.29) is 5.91 Å². The van der Waals surface area contributed by atoms with Crippen molar-refractivity contribution in [2.45, 2.75) is 13.3 Å². The molecule has 7 nitrogen and oxygen atoms in total. The SMILES string of the molecule is COc1cccc(CC2(C(=O)N3CCOCC3)CN(c3nc(C)ccc3C#N)C2)c1. The Morgan fingerprint density at radius 2 is 2.03 bits per heavy atom. The van der Waals surface area contributed by atoms with E-state index in [4.69, 9.17) is 9.47 Å². The quantitative estimate of drug-likeness (QED) is 0.757. The molecule has 2 aliphatic heterocycles. The Morgan fingerprint density at radius 3 is 2.73 bits per heavy atom. The third-order valence-corrected chi connectivity index (χ3v) is 5.85. The van der Waals surface area contributed by atoms with Gasteiger partial charge in [0.15, 0.2) is 0 Å². The fourth-order valence-electron chi connectivity index (χ4n) is 4.30. The van der Waals surface area contributed by atoms with Gasteiger partial charge in [0.25, 0.3) is 0 Å². The van der Waals surface area contributed by atoms with Gasteiger partial charge in [0.05, 0.1) is 31.3 Å². The van der Waals surface area contributed by atoms with Crippen molar-refractivity contribution in [1.29, 1.82) is 5.26 Å². The predicted octanol–water partition coefficient (Wildman–Crippen LogP) is 2.18. The highest BCUT2D eigenvalue weighted by molar-refractivity contribution is 5.87. The van der Waals surface area contributed by atoms with Crippen molar-refractivity contribution in [3.8, 4) is 11.8 Å². The molecule has 0 N–H and O–H groups in total. The van der Waals surface area contributed by atoms with Crippen LogP contribution in [0.15, 0.2) is 36.4 Å². The molecule has 1 aromatic carbocycles. The average molecular weight is 406 g/mol. The second-order valence-corrected chi connectivity index (χ2v) is 8.00. The molecule has 0 bridgehead atoms. The van der Waals surface area contributed by atoms with Gasteiger partial charge in [-0.05, 0) is 43.2 Å². The lowest BCUT2D eigenvalue weighted by molar-refractivity contribution is -0.148. The van der Waals surface area contributed by atoms with Crippen LogP contribution in [0.5, 0.6) is 5.75 Å². The first-order chi connectivity index (χ1) is 14.5. The molecule has 0 unspecified atom stereocenters. The number of hydrogen-bond acceptors (Lipinski definition) is 6. The molecule has 7 heteroatoms. The lowest BCUT2D eigenvalue weighted by Crippen LogP contribution is -2.66. The summed E-state index contributed by atoms with van der Waals surface area (Å²) >= 11 is 0. The summed E-state index contributed by atoms with van der Waals surface area (Å²) < 4.78 is 10.8. The number of anilines is 1. The molecule has 2 saturated heterocycles. The molecule has 156 valence electrons. The maximum Gasteiger partial charge on any atom is 0.232 e. The van der Waals surface area contributed by atoms with Crippen LogP contribution in [0.1, 0.15) is 16.8 Å². The van der Waals surface area contributed by atoms with E-state index in [1.54, 1.807) is 13.2 Å². The number of morpholine rings is 1. The number of hydrogen-bond donors (Lipinski definition) is 0. The summed E-state index contributed by atoms with van der Waals surface area (Å²) in [4.78, 5) is 22.1. The molecule has 1 aromatic heterocycles. The van der Waals surface area contributed by atoms with E-state index in [0.717, 1.165) is 17.0 Å². The number of benzene rings is 1. The Bertz CT molecular complexity index is 973. The van der Waals surface area contributed by atoms with Crippen molar-refractivity contribution < 1.29 is 14.3 Å². The molecule has 2 aliphatic rings. The number of ether oxygens (including phenoxy) is 2. The van der Waals surface area contributed by atoms with E-state index in [1.807, 2.05) is 47.1 Å². The number of rotatable bonds is 5. The molecule has 4 rings (SSSR count). The largest absolute Gasteiger partial charge is 0.497 e. The van der Waals surface area contributed by atoms with Crippen LogP contribution in [0.4, 0.5) is 5.82 Å². The van der Waals surface area contributed by atoms with Gasteiger partial charge in [-0.2, -0.15) is 5.26 Å². The highest BCUT2D eigenvalue weighted by Crippen LogP contribution is 2.40. The van der Waals surface area contributed by atoms with Gasteiger partial charge < -0.3 is 19.3 Å². The van der Waals surface area contributed by atoms with Crippen LogP contribution in [0.3, 0.4) is 0 Å². The van der Waals surface area contributed by atoms with Crippen molar-refractivity contribution in [2.75, 3.05) is 51.4 Å². The van der Waals surface area contributed by atoms with Crippen LogP contribution in [0.25, 0.3) is 0 Å². The second kappa shape index (κ2) is 8.33. The fourth-order valence-corrected chi connectivity index (χ4v) is 4.30. The van der Waals surface area contributed by atoms with Crippen LogP contribution in [0, 0.1) is 23.7 Å². The average Bonchev–Trinajstić information content (AvgIpc) is 2.76. The highest BCUT2D eigenvalue weighted by atomic mass is 16.5. The maximum absolute atomic E-state index is 13.6. The Hall–Kier alpha value is -3.11. The number of carbonyl (C=O) groups excluding carboxylic acids is 1. The van der Waals surface area contributed by atoms with Gasteiger partial charge in [0.1, 0.15) is 17.6 Å². The van der Waals surface area contributed by atoms with E-state index in [9.17, 15) is 10.1 Å². The zero-order valence-corrected chi connectivity index (χ0v) is 17.4. The van der Waals surface area contributed by atoms with Gasteiger partial charge >= 0.3 is 0 Å². The Labute approximate surface area is 176 Å². The van der Waals surface area contributed by atoms with E-state index in [1.165, 1.54) is 0 Å². The summed E-state index contributed by atoms with van der Waals surface area (Å²) in [6.07, 6.45) is 0.616. The van der Waals surface area contributed by atoms with Gasteiger partial charge in [0.2, 0.25) is 5.91 Å². The summed E-state index contributed by atoms with van der Waals surface area (Å²) in [7, 11) is 1.64. The molecule has 0 atom stereocenters. The van der Waals surface area contributed by atoms with Gasteiger partial charge in [-0.15, -0.1) is 0 Å². The first-order valence-corrected chi connectivity index (χ1v) is 10.2. The first kappa shape index (κ1) is 20.2. The molecular formula is C23H26N4O3. The summed E-state index contributed by atoms with van der Waals surface area (Å²) in [5, 5.41) is 9.49. The summed E-state index contributed by atoms with van der Waals surface area (Å²) in [5.74, 6) is 1.59. The van der Waals surface area contributed by atoms with E-state index in [0.29, 0.717) is 57.2 Å². The zero-order valence-electron chi connectivity index (χ0n) is 17.4. The van der Waals surface area contributed by atoms with Crippen LogP contribution in [-0.4, -0.2) is 62.3 Å². The van der Waals surface area contributed by atoms with Crippen LogP contribution in [0.2, 0.25) is 0 Å². The number of aryl methyl sites for hydroxylation is 1. The summed E-state index contributed by atoms with van der Waals surface area (Å²) in [6.45, 7) is 5.35. The highest BCUT2D eigenvalue weighted by Gasteiger charge is 2.52. The number of pyridine rings is 1. The number of nitriles is 1. The van der Waals surface area contributed by atoms with Crippen LogP contribution >= 0.6 is 0 Å². The van der Waals surface area contributed by atoms with Crippen molar-refractivity contribution in [1.82, 2.24) is 9.88 Å². The second-order valence-electron chi connectivity index (χ2n) is 8.00. The van der Waals surface area contributed by atoms with Crippen LogP contribution < -0.4 is 9.64 Å². The Balaban J connectivity index is 1.62. The molecule has 1 amide bonds. The first-order valence-electron chi connectivity index (χ1n) is 10.2. The van der Waals surface area contributed by atoms with E-state index < -0.39 is 5.41 Å². The van der Waals surface area contributed by atoms with Gasteiger partial charge in [-0.3, -0.25) is 4.79 Å². The molecule has 3 heterocycles. The standard InChI is InChI=1S/C23H26N4O3/c1-17-6-7-19(14-24)21(25-17)27-15-23(16-27,22(28)26-8-10-30-11-9-26)13-18-4-3-5-20(12-18)29-2/h3-7,12H,8-11,13,15-16H2,1-2H3. The minimum atomic E-state index is -0.554. The van der Waals surface area contributed by atoms with E-state index >= 15 is 0 Å². The molecule has 2 fully saturated rings. The number of amides is 1. The van der Waals surface area contributed by atoms with Crippen molar-refractivity contribution in [2.24, 2.45) is 5.41 Å². The normalized spacial score (nSPS) is 17.8. The smallest absolute Gasteiger partial charge is 0.232 e. The molecular weight excluding hydrogens is 380 g/mol. The minimum absolute atomic E-state index is 0.149. The molecule has 0 aliphatic carbocycles. The number of carbonyl (C=O) groups is 1. The maximum atomic E-state index is 13.6. The monoisotopic (exact) mass is 406 g/mol. The molecule has 0 radical (unpaired) electrons. The van der Waals surface area contributed by atoms with Gasteiger partial charge in [-0.1, -0.05) is 12.1 Å². The number of aromatic nitrogens is 1. The number of methoxy groups -OCH3 is 1. The fraction of sp³-hybridized carbons (Fsp3) is 0.435. The molecule has 2 aromatic rings. The van der Waals surface area contributed by atoms with Gasteiger partial charge in [0, 0.05) is 31.9 Å². The zero-order chi connectivity index (χ0) is 21.1.